The first-order valence-electron chi connectivity index (χ1n) is 4.53. The SMILES string of the molecule is CC(=O)O.CCCCOCCCO. The fraction of sp³-hybridized carbons (Fsp3) is 0.889. The molecule has 0 fully saturated rings. The second-order valence-corrected chi connectivity index (χ2v) is 2.56. The number of aliphatic hydroxyl groups is 1. The summed E-state index contributed by atoms with van der Waals surface area (Å²) >= 11 is 0. The molecule has 0 spiro atoms. The van der Waals surface area contributed by atoms with Gasteiger partial charge in [-0.05, 0) is 12.8 Å². The van der Waals surface area contributed by atoms with Crippen LogP contribution in [0, 0.1) is 0 Å². The zero-order valence-electron chi connectivity index (χ0n) is 8.45. The molecular weight excluding hydrogens is 172 g/mol. The van der Waals surface area contributed by atoms with E-state index in [4.69, 9.17) is 19.7 Å². The molecule has 2 N–H and O–H groups in total. The molecule has 0 aliphatic carbocycles. The van der Waals surface area contributed by atoms with Gasteiger partial charge in [0.25, 0.3) is 5.97 Å². The third kappa shape index (κ3) is 34.6. The summed E-state index contributed by atoms with van der Waals surface area (Å²) in [6, 6.07) is 0. The lowest BCUT2D eigenvalue weighted by atomic mass is 10.4. The van der Waals surface area contributed by atoms with Crippen molar-refractivity contribution in [1.82, 2.24) is 0 Å². The largest absolute Gasteiger partial charge is 0.481 e. The molecule has 0 atom stereocenters. The molecule has 0 amide bonds. The number of hydrogen-bond donors (Lipinski definition) is 2. The highest BCUT2D eigenvalue weighted by Gasteiger charge is 1.85. The Morgan fingerprint density at radius 2 is 1.77 bits per heavy atom. The van der Waals surface area contributed by atoms with Gasteiger partial charge < -0.3 is 14.9 Å². The van der Waals surface area contributed by atoms with E-state index in [1.165, 1.54) is 6.42 Å². The molecule has 0 heterocycles. The van der Waals surface area contributed by atoms with Crippen LogP contribution in [0.15, 0.2) is 0 Å². The van der Waals surface area contributed by atoms with E-state index >= 15 is 0 Å². The summed E-state index contributed by atoms with van der Waals surface area (Å²) < 4.78 is 5.15. The fourth-order valence-electron chi connectivity index (χ4n) is 0.515. The van der Waals surface area contributed by atoms with Gasteiger partial charge >= 0.3 is 0 Å². The third-order valence-electron chi connectivity index (χ3n) is 1.09. The van der Waals surface area contributed by atoms with Crippen LogP contribution in [-0.2, 0) is 9.53 Å². The summed E-state index contributed by atoms with van der Waals surface area (Å²) in [6.45, 7) is 5.01. The molecule has 4 heteroatoms. The molecule has 0 aliphatic heterocycles. The van der Waals surface area contributed by atoms with Crippen molar-refractivity contribution < 1.29 is 19.7 Å². The summed E-state index contributed by atoms with van der Waals surface area (Å²) in [5.74, 6) is -0.833. The summed E-state index contributed by atoms with van der Waals surface area (Å²) in [7, 11) is 0. The molecule has 0 saturated carbocycles. The number of carbonyl (C=O) groups is 1. The van der Waals surface area contributed by atoms with Gasteiger partial charge in [-0.3, -0.25) is 4.79 Å². The van der Waals surface area contributed by atoms with Gasteiger partial charge in [0.2, 0.25) is 0 Å². The van der Waals surface area contributed by atoms with Gasteiger partial charge in [-0.25, -0.2) is 0 Å². The Bertz CT molecular complexity index is 93.8. The van der Waals surface area contributed by atoms with Crippen molar-refractivity contribution in [2.45, 2.75) is 33.1 Å². The van der Waals surface area contributed by atoms with Gasteiger partial charge in [0.15, 0.2) is 0 Å². The smallest absolute Gasteiger partial charge is 0.300 e. The molecule has 0 radical (unpaired) electrons. The molecule has 0 saturated heterocycles. The highest BCUT2D eigenvalue weighted by molar-refractivity contribution is 5.62. The number of aliphatic hydroxyl groups excluding tert-OH is 1. The van der Waals surface area contributed by atoms with Gasteiger partial charge in [0.1, 0.15) is 0 Å². The Morgan fingerprint density at radius 3 is 2.15 bits per heavy atom. The van der Waals surface area contributed by atoms with Crippen LogP contribution in [0.25, 0.3) is 0 Å². The predicted molar refractivity (Wildman–Crippen MR) is 50.7 cm³/mol. The summed E-state index contributed by atoms with van der Waals surface area (Å²) in [6.07, 6.45) is 3.08. The molecular formula is C9H20O4. The van der Waals surface area contributed by atoms with Crippen molar-refractivity contribution in [3.63, 3.8) is 0 Å². The maximum atomic E-state index is 9.00. The monoisotopic (exact) mass is 192 g/mol. The molecule has 13 heavy (non-hydrogen) atoms. The maximum absolute atomic E-state index is 9.00. The highest BCUT2D eigenvalue weighted by Crippen LogP contribution is 1.88. The van der Waals surface area contributed by atoms with Crippen molar-refractivity contribution in [1.29, 1.82) is 0 Å². The number of carboxylic acids is 1. The summed E-state index contributed by atoms with van der Waals surface area (Å²) in [5.41, 5.74) is 0. The van der Waals surface area contributed by atoms with Crippen LogP contribution in [0.2, 0.25) is 0 Å². The molecule has 0 bridgehead atoms. The van der Waals surface area contributed by atoms with Crippen molar-refractivity contribution in [2.75, 3.05) is 19.8 Å². The molecule has 0 unspecified atom stereocenters. The third-order valence-corrected chi connectivity index (χ3v) is 1.09. The van der Waals surface area contributed by atoms with Gasteiger partial charge in [-0.2, -0.15) is 0 Å². The van der Waals surface area contributed by atoms with E-state index in [-0.39, 0.29) is 6.61 Å². The average Bonchev–Trinajstić information content (AvgIpc) is 2.03. The van der Waals surface area contributed by atoms with E-state index in [0.29, 0.717) is 6.61 Å². The van der Waals surface area contributed by atoms with E-state index in [9.17, 15) is 0 Å². The summed E-state index contributed by atoms with van der Waals surface area (Å²) in [4.78, 5) is 9.00. The lowest BCUT2D eigenvalue weighted by molar-refractivity contribution is -0.134. The van der Waals surface area contributed by atoms with Crippen LogP contribution in [0.3, 0.4) is 0 Å². The molecule has 0 aliphatic rings. The number of carboxylic acid groups (broad SMARTS) is 1. The van der Waals surface area contributed by atoms with Gasteiger partial charge in [0, 0.05) is 26.7 Å². The number of unbranched alkanes of at least 4 members (excludes halogenated alkanes) is 1. The van der Waals surface area contributed by atoms with Gasteiger partial charge in [-0.1, -0.05) is 13.3 Å². The highest BCUT2D eigenvalue weighted by atomic mass is 16.5. The maximum Gasteiger partial charge on any atom is 0.300 e. The van der Waals surface area contributed by atoms with Crippen LogP contribution in [-0.4, -0.2) is 36.0 Å². The number of aliphatic carboxylic acids is 1. The van der Waals surface area contributed by atoms with Crippen LogP contribution in [0.5, 0.6) is 0 Å². The minimum atomic E-state index is -0.833. The Morgan fingerprint density at radius 1 is 1.31 bits per heavy atom. The molecule has 0 aromatic heterocycles. The Balaban J connectivity index is 0. The van der Waals surface area contributed by atoms with E-state index in [1.54, 1.807) is 0 Å². The summed E-state index contributed by atoms with van der Waals surface area (Å²) in [5, 5.41) is 15.8. The zero-order valence-corrected chi connectivity index (χ0v) is 8.45. The Hall–Kier alpha value is -0.610. The normalized spacial score (nSPS) is 8.85. The minimum Gasteiger partial charge on any atom is -0.481 e. The lowest BCUT2D eigenvalue weighted by Gasteiger charge is -1.99. The van der Waals surface area contributed by atoms with E-state index in [2.05, 4.69) is 6.92 Å². The quantitative estimate of drug-likeness (QED) is 0.622. The van der Waals surface area contributed by atoms with Gasteiger partial charge in [0.05, 0.1) is 0 Å². The molecule has 80 valence electrons. The number of ether oxygens (including phenoxy) is 1. The molecule has 0 rings (SSSR count). The van der Waals surface area contributed by atoms with Crippen LogP contribution in [0.1, 0.15) is 33.1 Å². The second-order valence-electron chi connectivity index (χ2n) is 2.56. The average molecular weight is 192 g/mol. The standard InChI is InChI=1S/C7H16O2.C2H4O2/c1-2-3-6-9-7-4-5-8;1-2(3)4/h8H,2-7H2,1H3;1H3,(H,3,4). The molecule has 0 aromatic rings. The van der Waals surface area contributed by atoms with Gasteiger partial charge in [-0.15, -0.1) is 0 Å². The number of rotatable bonds is 6. The Labute approximate surface area is 79.5 Å². The van der Waals surface area contributed by atoms with Crippen LogP contribution < -0.4 is 0 Å². The fourth-order valence-corrected chi connectivity index (χ4v) is 0.515. The van der Waals surface area contributed by atoms with Crippen molar-refractivity contribution in [2.24, 2.45) is 0 Å². The van der Waals surface area contributed by atoms with Crippen molar-refractivity contribution in [3.8, 4) is 0 Å². The first-order valence-corrected chi connectivity index (χ1v) is 4.53. The first-order chi connectivity index (χ1) is 6.15. The topological polar surface area (TPSA) is 66.8 Å². The van der Waals surface area contributed by atoms with E-state index < -0.39 is 5.97 Å². The van der Waals surface area contributed by atoms with Crippen LogP contribution >= 0.6 is 0 Å². The molecule has 4 nitrogen and oxygen atoms in total. The predicted octanol–water partition coefficient (Wildman–Crippen LogP) is 1.28. The number of hydrogen-bond acceptors (Lipinski definition) is 3. The zero-order chi connectivity index (χ0) is 10.5. The molecule has 0 aromatic carbocycles. The van der Waals surface area contributed by atoms with E-state index in [1.807, 2.05) is 0 Å². The Kier molecular flexibility index (Phi) is 16.0. The first kappa shape index (κ1) is 14.9. The van der Waals surface area contributed by atoms with Crippen molar-refractivity contribution >= 4 is 5.97 Å². The van der Waals surface area contributed by atoms with Crippen LogP contribution in [0.4, 0.5) is 0 Å². The van der Waals surface area contributed by atoms with E-state index in [0.717, 1.165) is 26.4 Å². The van der Waals surface area contributed by atoms with Crippen molar-refractivity contribution in [3.05, 3.63) is 0 Å². The lowest BCUT2D eigenvalue weighted by Crippen LogP contribution is -1.98. The minimum absolute atomic E-state index is 0.242. The second kappa shape index (κ2) is 13.9.